The number of benzene rings is 16. The molecule has 0 unspecified atom stereocenters. The SMILES string of the molecule is [2H]c1c([2H])c(-c2c3c([2H])c([2H])c([2H])c([2H])c3c(-c3c([2H])c([2H])c([2H])c4c([2H])c([2H])c([2H])c([2H])c34)c3c([2H])c([2H])c(C)c([2H])c23)c([2H])c([2H])c1-c1c([2H])c([2H])c2c([2H])c([2H])c([2H])c([2H])c2c1[2H].c1ccc2cc(-c3ccc(-c4c5ccccc5c(-c5cccc6ccccc56)c5ccccc45)cc3)ccc2c1. The molecule has 0 saturated heterocycles. The Labute approximate surface area is 507 Å². The zero-order valence-electron chi connectivity index (χ0n) is 68.0. The number of hydrogen-bond donors (Lipinski definition) is 0. The third kappa shape index (κ3) is 8.49. The van der Waals surface area contributed by atoms with Crippen LogP contribution in [0.5, 0.6) is 0 Å². The van der Waals surface area contributed by atoms with Crippen LogP contribution in [0.4, 0.5) is 0 Å². The fraction of sp³-hybridized carbons (Fsp3) is 0.0123. The first kappa shape index (κ1) is 28.5. The highest BCUT2D eigenvalue weighted by molar-refractivity contribution is 6.25. The third-order valence-electron chi connectivity index (χ3n) is 14.8. The van der Waals surface area contributed by atoms with Gasteiger partial charge in [0.05, 0.1) is 34.3 Å². The van der Waals surface area contributed by atoms with Gasteiger partial charge >= 0.3 is 0 Å². The van der Waals surface area contributed by atoms with Crippen LogP contribution >= 0.6 is 0 Å². The summed E-state index contributed by atoms with van der Waals surface area (Å²) >= 11 is 0. The van der Waals surface area contributed by atoms with Crippen LogP contribution in [0.25, 0.3) is 153 Å². The normalized spacial score (nSPS) is 15.8. The van der Waals surface area contributed by atoms with Crippen LogP contribution in [0.3, 0.4) is 0 Å². The average molecular weight is 1050 g/mol. The van der Waals surface area contributed by atoms with E-state index in [0.717, 1.165) is 0 Å². The largest absolute Gasteiger partial charge is 0.0636 e. The van der Waals surface area contributed by atoms with Gasteiger partial charge in [0.15, 0.2) is 0 Å². The molecule has 16 aromatic rings. The minimum atomic E-state index is -1.01. The van der Waals surface area contributed by atoms with Gasteiger partial charge in [-0.05, 0) is 172 Å². The molecule has 0 bridgehead atoms. The fourth-order valence-corrected chi connectivity index (χ4v) is 11.2. The minimum Gasteiger partial charge on any atom is -0.0616 e. The lowest BCUT2D eigenvalue weighted by molar-refractivity contribution is 1.51. The van der Waals surface area contributed by atoms with Crippen molar-refractivity contribution in [2.45, 2.75) is 6.92 Å². The molecule has 0 saturated carbocycles. The number of rotatable bonds is 6. The molecule has 0 heteroatoms. The van der Waals surface area contributed by atoms with E-state index in [1.54, 1.807) is 0 Å². The second-order valence-corrected chi connectivity index (χ2v) is 19.5. The van der Waals surface area contributed by atoms with E-state index >= 15 is 0 Å². The zero-order valence-corrected chi connectivity index (χ0v) is 43.0. The predicted molar refractivity (Wildman–Crippen MR) is 350 cm³/mol. The van der Waals surface area contributed by atoms with Crippen molar-refractivity contribution in [1.82, 2.24) is 0 Å². The lowest BCUT2D eigenvalue weighted by Crippen LogP contribution is -1.92. The molecule has 0 aromatic heterocycles. The highest BCUT2D eigenvalue weighted by Crippen LogP contribution is 2.48. The molecule has 16 aromatic carbocycles. The van der Waals surface area contributed by atoms with Crippen molar-refractivity contribution >= 4 is 86.2 Å². The molecule has 0 nitrogen and oxygen atoms in total. The van der Waals surface area contributed by atoms with Crippen molar-refractivity contribution in [1.29, 1.82) is 0 Å². The summed E-state index contributed by atoms with van der Waals surface area (Å²) in [5.74, 6) is 0. The van der Waals surface area contributed by atoms with E-state index < -0.39 is 228 Å². The first-order valence-corrected chi connectivity index (χ1v) is 26.1. The van der Waals surface area contributed by atoms with Gasteiger partial charge in [0.1, 0.15) is 0 Å². The van der Waals surface area contributed by atoms with Crippen LogP contribution in [0.2, 0.25) is 0 Å². The van der Waals surface area contributed by atoms with Gasteiger partial charge < -0.3 is 0 Å². The smallest absolute Gasteiger partial charge is 0.0616 e. The first-order valence-electron chi connectivity index (χ1n) is 38.6. The Hall–Kier alpha value is -10.4. The fourth-order valence-electron chi connectivity index (χ4n) is 11.2. The minimum absolute atomic E-state index is 0.228. The predicted octanol–water partition coefficient (Wildman–Crippen LogP) is 22.9. The van der Waals surface area contributed by atoms with E-state index in [9.17, 15) is 12.3 Å². The molecule has 0 aliphatic carbocycles. The van der Waals surface area contributed by atoms with Crippen molar-refractivity contribution in [2.75, 3.05) is 0 Å². The molecule has 0 spiro atoms. The van der Waals surface area contributed by atoms with E-state index in [1.807, 2.05) is 0 Å². The summed E-state index contributed by atoms with van der Waals surface area (Å²) in [4.78, 5) is 0. The molecule has 0 amide bonds. The summed E-state index contributed by atoms with van der Waals surface area (Å²) in [7, 11) is 0. The lowest BCUT2D eigenvalue weighted by Gasteiger charge is -2.19. The molecule has 378 valence electrons. The molecule has 0 heterocycles. The van der Waals surface area contributed by atoms with Gasteiger partial charge in [0.2, 0.25) is 0 Å². The molecule has 0 aliphatic heterocycles. The van der Waals surface area contributed by atoms with Gasteiger partial charge in [-0.25, -0.2) is 0 Å². The second-order valence-electron chi connectivity index (χ2n) is 19.5. The van der Waals surface area contributed by atoms with E-state index in [2.05, 4.69) is 158 Å². The highest BCUT2D eigenvalue weighted by Gasteiger charge is 2.20. The van der Waals surface area contributed by atoms with Crippen LogP contribution in [0.15, 0.2) is 309 Å². The summed E-state index contributed by atoms with van der Waals surface area (Å²) in [5.41, 5.74) is 3.26. The Balaban J connectivity index is 0.000000190. The van der Waals surface area contributed by atoms with Crippen molar-refractivity contribution in [3.63, 3.8) is 0 Å². The molecule has 16 rings (SSSR count). The quantitative estimate of drug-likeness (QED) is 0.146. The molecule has 0 fully saturated rings. The molecular weight excluding hydrogens is 973 g/mol. The van der Waals surface area contributed by atoms with Gasteiger partial charge in [0.25, 0.3) is 0 Å². The van der Waals surface area contributed by atoms with Crippen LogP contribution in [0, 0.1) is 6.92 Å². The Kier molecular flexibility index (Phi) is 7.07. The van der Waals surface area contributed by atoms with E-state index in [-0.39, 0.29) is 5.56 Å². The molecule has 0 N–H and O–H groups in total. The first-order chi connectivity index (χ1) is 50.5. The van der Waals surface area contributed by atoms with E-state index in [0.29, 0.717) is 0 Å². The topological polar surface area (TPSA) is 0 Å². The van der Waals surface area contributed by atoms with Gasteiger partial charge in [-0.1, -0.05) is 302 Å². The van der Waals surface area contributed by atoms with Crippen molar-refractivity contribution in [2.24, 2.45) is 0 Å². The van der Waals surface area contributed by atoms with Crippen molar-refractivity contribution in [3.8, 4) is 66.8 Å². The average Bonchev–Trinajstić information content (AvgIpc) is 0.687. The van der Waals surface area contributed by atoms with Crippen LogP contribution in [0.1, 0.15) is 39.8 Å². The third-order valence-corrected chi connectivity index (χ3v) is 14.8. The summed E-state index contributed by atoms with van der Waals surface area (Å²) in [6.07, 6.45) is 0. The lowest BCUT2D eigenvalue weighted by atomic mass is 9.84. The Morgan fingerprint density at radius 3 is 1.47 bits per heavy atom. The molecular formula is C81H54. The zero-order chi connectivity index (χ0) is 75.6. The standard InChI is InChI=1S/C41H28.C40H26/c1-27-17-24-38-39(25-27)40(31-21-18-29(19-22-31)33-23-20-28-9-2-3-11-32(28)26-33)36-14-6-7-15-37(36)41(38)35-16-8-12-30-10-4-5-13-34(30)35;1-2-12-31-26-32(25-22-27(31)10-1)28-20-23-30(24-21-28)39-35-15-5-7-17-37(35)40(38-18-8-6-16-36(38)39)34-19-9-13-29-11-3-4-14-33(29)34/h2-26H,1H3;1-26H/i2D,3D,4D,5D,6D,7D,8D,9D,10D,11D,12D,13D,14D,15D,16D,17D,18D,19D,20D,21D,22D,23D,24D,25D,26D;. The number of fused-ring (bicyclic) bond motifs is 8. The Morgan fingerprint density at radius 1 is 0.222 bits per heavy atom. The monoisotopic (exact) mass is 1050 g/mol. The molecule has 0 radical (unpaired) electrons. The maximum Gasteiger partial charge on any atom is 0.0636 e. The Morgan fingerprint density at radius 2 is 0.728 bits per heavy atom. The Bertz CT molecular complexity index is 6470. The van der Waals surface area contributed by atoms with E-state index in [4.69, 9.17) is 21.9 Å². The summed E-state index contributed by atoms with van der Waals surface area (Å²) < 4.78 is 223. The summed E-state index contributed by atoms with van der Waals surface area (Å²) in [6, 6.07) is 36.1. The summed E-state index contributed by atoms with van der Waals surface area (Å²) in [5, 5.41) is 5.59. The molecule has 0 aliphatic rings. The van der Waals surface area contributed by atoms with Crippen LogP contribution in [-0.2, 0) is 0 Å². The second kappa shape index (κ2) is 20.1. The van der Waals surface area contributed by atoms with Gasteiger partial charge in [-0.3, -0.25) is 0 Å². The highest BCUT2D eigenvalue weighted by atomic mass is 14.2. The molecule has 81 heavy (non-hydrogen) atoms. The van der Waals surface area contributed by atoms with Gasteiger partial charge in [0, 0.05) is 0 Å². The van der Waals surface area contributed by atoms with Crippen molar-refractivity contribution in [3.05, 3.63) is 314 Å². The van der Waals surface area contributed by atoms with Crippen LogP contribution < -0.4 is 0 Å². The van der Waals surface area contributed by atoms with Gasteiger partial charge in [-0.15, -0.1) is 0 Å². The van der Waals surface area contributed by atoms with Gasteiger partial charge in [-0.2, -0.15) is 0 Å². The van der Waals surface area contributed by atoms with Crippen molar-refractivity contribution < 1.29 is 34.3 Å². The maximum atomic E-state index is 9.48. The maximum absolute atomic E-state index is 9.48. The number of hydrogen-bond acceptors (Lipinski definition) is 0. The van der Waals surface area contributed by atoms with Crippen LogP contribution in [-0.4, -0.2) is 0 Å². The van der Waals surface area contributed by atoms with E-state index in [1.165, 1.54) is 83.4 Å². The summed E-state index contributed by atoms with van der Waals surface area (Å²) in [6.45, 7) is 1.26. The molecule has 0 atom stereocenters.